The molecule has 1 heterocycles. The molecule has 0 saturated carbocycles. The van der Waals surface area contributed by atoms with Crippen molar-refractivity contribution in [3.8, 4) is 17.0 Å². The van der Waals surface area contributed by atoms with Gasteiger partial charge in [0.1, 0.15) is 18.5 Å². The second kappa shape index (κ2) is 6.86. The molecular weight excluding hydrogens is 290 g/mol. The van der Waals surface area contributed by atoms with Crippen LogP contribution in [-0.2, 0) is 11.8 Å². The second-order valence-corrected chi connectivity index (χ2v) is 5.60. The van der Waals surface area contributed by atoms with E-state index in [1.54, 1.807) is 7.11 Å². The molecule has 0 aliphatic carbocycles. The molecule has 1 N–H and O–H groups in total. The number of nitrogens with zero attached hydrogens (tertiary/aromatic N) is 1. The fourth-order valence-electron chi connectivity index (χ4n) is 2.74. The molecule has 3 rings (SSSR count). The van der Waals surface area contributed by atoms with Gasteiger partial charge >= 0.3 is 0 Å². The van der Waals surface area contributed by atoms with Crippen LogP contribution < -0.4 is 4.74 Å². The summed E-state index contributed by atoms with van der Waals surface area (Å²) < 4.78 is 12.7. The monoisotopic (exact) mass is 311 g/mol. The van der Waals surface area contributed by atoms with Crippen molar-refractivity contribution in [3.05, 3.63) is 54.6 Å². The Morgan fingerprint density at radius 2 is 1.87 bits per heavy atom. The molecule has 0 amide bonds. The fourth-order valence-corrected chi connectivity index (χ4v) is 2.74. The lowest BCUT2D eigenvalue weighted by atomic mass is 10.1. The van der Waals surface area contributed by atoms with Gasteiger partial charge in [0.2, 0.25) is 0 Å². The lowest BCUT2D eigenvalue weighted by Crippen LogP contribution is -2.22. The molecule has 3 aromatic rings. The number of aryl methyl sites for hydroxylation is 1. The number of ether oxygens (including phenoxy) is 2. The van der Waals surface area contributed by atoms with Crippen LogP contribution in [0.3, 0.4) is 0 Å². The van der Waals surface area contributed by atoms with E-state index in [4.69, 9.17) is 9.47 Å². The van der Waals surface area contributed by atoms with Gasteiger partial charge in [0.05, 0.1) is 6.61 Å². The SMILES string of the molecule is COCC(O)COc1cccc(-c2cc3ccccc3n2C)c1. The zero-order valence-electron chi connectivity index (χ0n) is 13.4. The molecule has 4 nitrogen and oxygen atoms in total. The van der Waals surface area contributed by atoms with Crippen molar-refractivity contribution in [2.24, 2.45) is 7.05 Å². The number of methoxy groups -OCH3 is 1. The minimum Gasteiger partial charge on any atom is -0.491 e. The summed E-state index contributed by atoms with van der Waals surface area (Å²) >= 11 is 0. The van der Waals surface area contributed by atoms with E-state index in [-0.39, 0.29) is 13.2 Å². The van der Waals surface area contributed by atoms with E-state index in [2.05, 4.69) is 35.9 Å². The summed E-state index contributed by atoms with van der Waals surface area (Å²) in [7, 11) is 3.62. The standard InChI is InChI=1S/C19H21NO3/c1-20-18-9-4-3-6-15(18)11-19(20)14-7-5-8-17(10-14)23-13-16(21)12-22-2/h3-11,16,21H,12-13H2,1-2H3. The third kappa shape index (κ3) is 3.38. The Morgan fingerprint density at radius 1 is 1.04 bits per heavy atom. The summed E-state index contributed by atoms with van der Waals surface area (Å²) in [4.78, 5) is 0. The highest BCUT2D eigenvalue weighted by molar-refractivity contribution is 5.87. The van der Waals surface area contributed by atoms with E-state index >= 15 is 0 Å². The Morgan fingerprint density at radius 3 is 2.65 bits per heavy atom. The van der Waals surface area contributed by atoms with Crippen LogP contribution in [0.15, 0.2) is 54.6 Å². The average molecular weight is 311 g/mol. The number of hydrogen-bond donors (Lipinski definition) is 1. The van der Waals surface area contributed by atoms with E-state index < -0.39 is 6.10 Å². The normalized spacial score (nSPS) is 12.5. The first-order chi connectivity index (χ1) is 11.2. The van der Waals surface area contributed by atoms with Crippen LogP contribution in [-0.4, -0.2) is 36.1 Å². The summed E-state index contributed by atoms with van der Waals surface area (Å²) in [6.07, 6.45) is -0.624. The highest BCUT2D eigenvalue weighted by Crippen LogP contribution is 2.29. The van der Waals surface area contributed by atoms with Gasteiger partial charge in [-0.25, -0.2) is 0 Å². The van der Waals surface area contributed by atoms with Crippen LogP contribution >= 0.6 is 0 Å². The molecule has 1 unspecified atom stereocenters. The van der Waals surface area contributed by atoms with Gasteiger partial charge in [-0.3, -0.25) is 0 Å². The molecule has 0 bridgehead atoms. The maximum atomic E-state index is 9.68. The Balaban J connectivity index is 1.85. The molecule has 0 spiro atoms. The van der Waals surface area contributed by atoms with Gasteiger partial charge in [-0.1, -0.05) is 30.3 Å². The lowest BCUT2D eigenvalue weighted by molar-refractivity contribution is 0.0325. The van der Waals surface area contributed by atoms with Gasteiger partial charge in [-0.05, 0) is 24.3 Å². The van der Waals surface area contributed by atoms with Crippen LogP contribution in [0.2, 0.25) is 0 Å². The fraction of sp³-hybridized carbons (Fsp3) is 0.263. The highest BCUT2D eigenvalue weighted by atomic mass is 16.5. The molecule has 4 heteroatoms. The van der Waals surface area contributed by atoms with Gasteiger partial charge in [0, 0.05) is 36.3 Å². The Hall–Kier alpha value is -2.30. The van der Waals surface area contributed by atoms with Crippen molar-refractivity contribution < 1.29 is 14.6 Å². The molecule has 0 aliphatic rings. The first kappa shape index (κ1) is 15.6. The van der Waals surface area contributed by atoms with E-state index in [1.165, 1.54) is 10.9 Å². The van der Waals surface area contributed by atoms with E-state index in [0.717, 1.165) is 17.0 Å². The molecule has 0 radical (unpaired) electrons. The second-order valence-electron chi connectivity index (χ2n) is 5.60. The van der Waals surface area contributed by atoms with Crippen molar-refractivity contribution in [1.82, 2.24) is 4.57 Å². The molecule has 0 saturated heterocycles. The van der Waals surface area contributed by atoms with Gasteiger partial charge in [0.15, 0.2) is 0 Å². The number of aliphatic hydroxyl groups is 1. The molecule has 0 aliphatic heterocycles. The van der Waals surface area contributed by atoms with Crippen molar-refractivity contribution in [2.45, 2.75) is 6.10 Å². The van der Waals surface area contributed by atoms with Crippen LogP contribution in [0.4, 0.5) is 0 Å². The maximum absolute atomic E-state index is 9.68. The minimum absolute atomic E-state index is 0.215. The van der Waals surface area contributed by atoms with Crippen LogP contribution in [0, 0.1) is 0 Å². The molecule has 0 fully saturated rings. The number of benzene rings is 2. The van der Waals surface area contributed by atoms with Crippen LogP contribution in [0.25, 0.3) is 22.2 Å². The summed E-state index contributed by atoms with van der Waals surface area (Å²) in [5, 5.41) is 10.9. The van der Waals surface area contributed by atoms with Gasteiger partial charge in [0.25, 0.3) is 0 Å². The first-order valence-corrected chi connectivity index (χ1v) is 7.63. The summed E-state index contributed by atoms with van der Waals surface area (Å²) in [5.74, 6) is 0.739. The van der Waals surface area contributed by atoms with Crippen LogP contribution in [0.5, 0.6) is 5.75 Å². The number of aliphatic hydroxyl groups excluding tert-OH is 1. The minimum atomic E-state index is -0.624. The molecule has 2 aromatic carbocycles. The average Bonchev–Trinajstić information content (AvgIpc) is 2.91. The molecule has 1 aromatic heterocycles. The van der Waals surface area contributed by atoms with E-state index in [9.17, 15) is 5.11 Å². The van der Waals surface area contributed by atoms with Crippen molar-refractivity contribution in [3.63, 3.8) is 0 Å². The van der Waals surface area contributed by atoms with Crippen molar-refractivity contribution in [2.75, 3.05) is 20.3 Å². The topological polar surface area (TPSA) is 43.6 Å². The zero-order valence-corrected chi connectivity index (χ0v) is 13.4. The predicted octanol–water partition coefficient (Wildman–Crippen LogP) is 3.23. The molecular formula is C19H21NO3. The lowest BCUT2D eigenvalue weighted by Gasteiger charge is -2.12. The molecule has 23 heavy (non-hydrogen) atoms. The van der Waals surface area contributed by atoms with E-state index in [1.807, 2.05) is 30.3 Å². The zero-order chi connectivity index (χ0) is 16.2. The summed E-state index contributed by atoms with van der Waals surface area (Å²) in [5.41, 5.74) is 3.42. The van der Waals surface area contributed by atoms with Gasteiger partial charge in [-0.15, -0.1) is 0 Å². The Labute approximate surface area is 135 Å². The van der Waals surface area contributed by atoms with Gasteiger partial charge in [-0.2, -0.15) is 0 Å². The number of para-hydroxylation sites is 1. The Kier molecular flexibility index (Phi) is 4.65. The summed E-state index contributed by atoms with van der Waals surface area (Å²) in [6.45, 7) is 0.481. The molecule has 1 atom stereocenters. The Bertz CT molecular complexity index is 794. The number of hydrogen-bond acceptors (Lipinski definition) is 3. The first-order valence-electron chi connectivity index (χ1n) is 7.63. The maximum Gasteiger partial charge on any atom is 0.120 e. The van der Waals surface area contributed by atoms with E-state index in [0.29, 0.717) is 0 Å². The third-order valence-electron chi connectivity index (χ3n) is 3.88. The predicted molar refractivity (Wildman–Crippen MR) is 91.7 cm³/mol. The highest BCUT2D eigenvalue weighted by Gasteiger charge is 2.09. The number of aromatic nitrogens is 1. The number of rotatable bonds is 6. The largest absolute Gasteiger partial charge is 0.491 e. The molecule has 120 valence electrons. The number of fused-ring (bicyclic) bond motifs is 1. The van der Waals surface area contributed by atoms with Crippen molar-refractivity contribution in [1.29, 1.82) is 0 Å². The third-order valence-corrected chi connectivity index (χ3v) is 3.88. The van der Waals surface area contributed by atoms with Gasteiger partial charge < -0.3 is 19.1 Å². The van der Waals surface area contributed by atoms with Crippen LogP contribution in [0.1, 0.15) is 0 Å². The summed E-state index contributed by atoms with van der Waals surface area (Å²) in [6, 6.07) is 18.4. The quantitative estimate of drug-likeness (QED) is 0.760. The van der Waals surface area contributed by atoms with Crippen molar-refractivity contribution >= 4 is 10.9 Å². The smallest absolute Gasteiger partial charge is 0.120 e.